The van der Waals surface area contributed by atoms with Crippen LogP contribution in [0, 0.1) is 6.92 Å². The van der Waals surface area contributed by atoms with Crippen molar-refractivity contribution in [3.8, 4) is 0 Å². The van der Waals surface area contributed by atoms with Gasteiger partial charge in [0.1, 0.15) is 5.82 Å². The number of imidazole rings is 1. The highest BCUT2D eigenvalue weighted by Crippen LogP contribution is 2.20. The van der Waals surface area contributed by atoms with Crippen molar-refractivity contribution in [1.82, 2.24) is 14.5 Å². The molecular formula is C17H25N3O. The van der Waals surface area contributed by atoms with Crippen molar-refractivity contribution in [2.45, 2.75) is 45.7 Å². The molecule has 4 heteroatoms. The van der Waals surface area contributed by atoms with Gasteiger partial charge < -0.3 is 9.67 Å². The summed E-state index contributed by atoms with van der Waals surface area (Å²) in [5, 5.41) is 9.37. The number of hydrogen-bond donors (Lipinski definition) is 1. The van der Waals surface area contributed by atoms with Crippen LogP contribution in [0.2, 0.25) is 0 Å². The largest absolute Gasteiger partial charge is 0.395 e. The molecule has 0 atom stereocenters. The predicted octanol–water partition coefficient (Wildman–Crippen LogP) is 2.71. The van der Waals surface area contributed by atoms with E-state index in [0.717, 1.165) is 23.4 Å². The highest BCUT2D eigenvalue weighted by Gasteiger charge is 2.15. The molecule has 114 valence electrons. The molecule has 0 radical (unpaired) electrons. The van der Waals surface area contributed by atoms with Gasteiger partial charge in [-0.05, 0) is 50.6 Å². The molecule has 0 unspecified atom stereocenters. The van der Waals surface area contributed by atoms with Crippen LogP contribution < -0.4 is 0 Å². The van der Waals surface area contributed by atoms with E-state index in [1.807, 2.05) is 0 Å². The summed E-state index contributed by atoms with van der Waals surface area (Å²) < 4.78 is 2.18. The SMILES string of the molecule is Cc1ccc2c(c1)nc(CN1CCCCCC1)n2CCO. The summed E-state index contributed by atoms with van der Waals surface area (Å²) in [5.41, 5.74) is 3.42. The maximum atomic E-state index is 9.37. The summed E-state index contributed by atoms with van der Waals surface area (Å²) in [6.45, 7) is 6.12. The van der Waals surface area contributed by atoms with Gasteiger partial charge >= 0.3 is 0 Å². The van der Waals surface area contributed by atoms with Gasteiger partial charge in [0.2, 0.25) is 0 Å². The van der Waals surface area contributed by atoms with Crippen LogP contribution >= 0.6 is 0 Å². The summed E-state index contributed by atoms with van der Waals surface area (Å²) in [5.74, 6) is 1.09. The zero-order chi connectivity index (χ0) is 14.7. The smallest absolute Gasteiger partial charge is 0.124 e. The molecule has 0 saturated carbocycles. The lowest BCUT2D eigenvalue weighted by Gasteiger charge is -2.19. The summed E-state index contributed by atoms with van der Waals surface area (Å²) in [6, 6.07) is 6.38. The highest BCUT2D eigenvalue weighted by molar-refractivity contribution is 5.76. The zero-order valence-corrected chi connectivity index (χ0v) is 12.9. The van der Waals surface area contributed by atoms with Crippen molar-refractivity contribution in [2.75, 3.05) is 19.7 Å². The lowest BCUT2D eigenvalue weighted by atomic mass is 10.2. The molecule has 0 spiro atoms. The maximum absolute atomic E-state index is 9.37. The Bertz CT molecular complexity index is 597. The summed E-state index contributed by atoms with van der Waals surface area (Å²) in [6.07, 6.45) is 5.28. The fraction of sp³-hybridized carbons (Fsp3) is 0.588. The van der Waals surface area contributed by atoms with Gasteiger partial charge in [0.05, 0.1) is 24.2 Å². The van der Waals surface area contributed by atoms with Crippen LogP contribution in [-0.4, -0.2) is 39.3 Å². The minimum Gasteiger partial charge on any atom is -0.395 e. The van der Waals surface area contributed by atoms with Crippen LogP contribution in [0.1, 0.15) is 37.1 Å². The lowest BCUT2D eigenvalue weighted by molar-refractivity contribution is 0.252. The van der Waals surface area contributed by atoms with E-state index in [1.165, 1.54) is 44.3 Å². The van der Waals surface area contributed by atoms with Gasteiger partial charge in [0.25, 0.3) is 0 Å². The van der Waals surface area contributed by atoms with Crippen LogP contribution in [0.3, 0.4) is 0 Å². The summed E-state index contributed by atoms with van der Waals surface area (Å²) in [7, 11) is 0. The number of aliphatic hydroxyl groups excluding tert-OH is 1. The molecule has 1 fully saturated rings. The second kappa shape index (κ2) is 6.58. The first-order valence-corrected chi connectivity index (χ1v) is 8.07. The average Bonchev–Trinajstić information content (AvgIpc) is 2.65. The number of fused-ring (bicyclic) bond motifs is 1. The van der Waals surface area contributed by atoms with Crippen molar-refractivity contribution in [3.63, 3.8) is 0 Å². The summed E-state index contributed by atoms with van der Waals surface area (Å²) in [4.78, 5) is 7.34. The lowest BCUT2D eigenvalue weighted by Crippen LogP contribution is -2.26. The number of benzene rings is 1. The first-order chi connectivity index (χ1) is 10.3. The van der Waals surface area contributed by atoms with Crippen LogP contribution in [-0.2, 0) is 13.1 Å². The molecule has 2 aromatic rings. The van der Waals surface area contributed by atoms with Crippen molar-refractivity contribution in [2.24, 2.45) is 0 Å². The fourth-order valence-electron chi connectivity index (χ4n) is 3.25. The molecule has 1 aliphatic heterocycles. The van der Waals surface area contributed by atoms with Crippen molar-refractivity contribution >= 4 is 11.0 Å². The molecule has 21 heavy (non-hydrogen) atoms. The molecule has 0 bridgehead atoms. The number of hydrogen-bond acceptors (Lipinski definition) is 3. The van der Waals surface area contributed by atoms with Gasteiger partial charge in [-0.3, -0.25) is 4.90 Å². The minimum absolute atomic E-state index is 0.159. The molecule has 4 nitrogen and oxygen atoms in total. The first-order valence-electron chi connectivity index (χ1n) is 8.07. The Kier molecular flexibility index (Phi) is 4.56. The second-order valence-corrected chi connectivity index (χ2v) is 6.09. The molecule has 1 aromatic heterocycles. The second-order valence-electron chi connectivity index (χ2n) is 6.09. The average molecular weight is 287 g/mol. The van der Waals surface area contributed by atoms with Crippen molar-refractivity contribution in [1.29, 1.82) is 0 Å². The normalized spacial score (nSPS) is 17.2. The molecule has 1 saturated heterocycles. The Balaban J connectivity index is 1.90. The fourth-order valence-corrected chi connectivity index (χ4v) is 3.25. The van der Waals surface area contributed by atoms with Gasteiger partial charge in [0.15, 0.2) is 0 Å². The zero-order valence-electron chi connectivity index (χ0n) is 12.9. The highest BCUT2D eigenvalue weighted by atomic mass is 16.3. The van der Waals surface area contributed by atoms with E-state index in [0.29, 0.717) is 6.54 Å². The predicted molar refractivity (Wildman–Crippen MR) is 85.3 cm³/mol. The van der Waals surface area contributed by atoms with E-state index in [-0.39, 0.29) is 6.61 Å². The van der Waals surface area contributed by atoms with Gasteiger partial charge in [-0.25, -0.2) is 4.98 Å². The third kappa shape index (κ3) is 3.27. The van der Waals surface area contributed by atoms with Crippen LogP contribution in [0.15, 0.2) is 18.2 Å². The van der Waals surface area contributed by atoms with Gasteiger partial charge in [-0.1, -0.05) is 18.9 Å². The Hall–Kier alpha value is -1.39. The number of aryl methyl sites for hydroxylation is 1. The number of aromatic nitrogens is 2. The molecule has 3 rings (SSSR count). The van der Waals surface area contributed by atoms with Crippen LogP contribution in [0.25, 0.3) is 11.0 Å². The molecule has 1 aliphatic rings. The van der Waals surface area contributed by atoms with E-state index in [1.54, 1.807) is 0 Å². The Morgan fingerprint density at radius 3 is 2.62 bits per heavy atom. The quantitative estimate of drug-likeness (QED) is 0.940. The Morgan fingerprint density at radius 2 is 1.90 bits per heavy atom. The molecule has 1 aromatic carbocycles. The minimum atomic E-state index is 0.159. The standard InChI is InChI=1S/C17H25N3O/c1-14-6-7-16-15(12-14)18-17(20(16)10-11-21)13-19-8-4-2-3-5-9-19/h6-7,12,21H,2-5,8-11,13H2,1H3. The molecule has 0 aliphatic carbocycles. The molecule has 2 heterocycles. The maximum Gasteiger partial charge on any atom is 0.124 e. The topological polar surface area (TPSA) is 41.3 Å². The Morgan fingerprint density at radius 1 is 1.14 bits per heavy atom. The van der Waals surface area contributed by atoms with Crippen molar-refractivity contribution < 1.29 is 5.11 Å². The van der Waals surface area contributed by atoms with E-state index in [9.17, 15) is 5.11 Å². The molecule has 0 amide bonds. The van der Waals surface area contributed by atoms with Gasteiger partial charge in [-0.2, -0.15) is 0 Å². The van der Waals surface area contributed by atoms with Gasteiger partial charge in [-0.15, -0.1) is 0 Å². The number of likely N-dealkylation sites (tertiary alicyclic amines) is 1. The van der Waals surface area contributed by atoms with E-state index in [4.69, 9.17) is 4.98 Å². The van der Waals surface area contributed by atoms with Crippen LogP contribution in [0.5, 0.6) is 0 Å². The molecule has 1 N–H and O–H groups in total. The first kappa shape index (κ1) is 14.5. The summed E-state index contributed by atoms with van der Waals surface area (Å²) >= 11 is 0. The van der Waals surface area contributed by atoms with Crippen LogP contribution in [0.4, 0.5) is 0 Å². The number of aliphatic hydroxyl groups is 1. The van der Waals surface area contributed by atoms with E-state index >= 15 is 0 Å². The number of rotatable bonds is 4. The number of nitrogens with zero attached hydrogens (tertiary/aromatic N) is 3. The van der Waals surface area contributed by atoms with Gasteiger partial charge in [0, 0.05) is 6.54 Å². The van der Waals surface area contributed by atoms with Crippen molar-refractivity contribution in [3.05, 3.63) is 29.6 Å². The Labute approximate surface area is 126 Å². The molecular weight excluding hydrogens is 262 g/mol. The third-order valence-corrected chi connectivity index (χ3v) is 4.37. The third-order valence-electron chi connectivity index (χ3n) is 4.37. The van der Waals surface area contributed by atoms with E-state index < -0.39 is 0 Å². The van der Waals surface area contributed by atoms with E-state index in [2.05, 4.69) is 34.6 Å². The monoisotopic (exact) mass is 287 g/mol.